The molecule has 0 aliphatic carbocycles. The Labute approximate surface area is 194 Å². The van der Waals surface area contributed by atoms with Gasteiger partial charge in [0.25, 0.3) is 5.91 Å². The summed E-state index contributed by atoms with van der Waals surface area (Å²) in [6, 6.07) is 7.51. The highest BCUT2D eigenvalue weighted by atomic mass is 32.2. The molecular weight excluding hydrogens is 448 g/mol. The highest BCUT2D eigenvalue weighted by Gasteiger charge is 2.24. The Morgan fingerprint density at radius 2 is 1.88 bits per heavy atom. The van der Waals surface area contributed by atoms with Crippen molar-refractivity contribution in [2.75, 3.05) is 42.1 Å². The van der Waals surface area contributed by atoms with Crippen LogP contribution >= 0.6 is 23.1 Å². The SMILES string of the molecule is Cc1cc(NC(=O)CSc2nnc(N3CCN(C(=O)c4ccc(C)c(C)c4)CC3)s2)no1. The van der Waals surface area contributed by atoms with Crippen LogP contribution in [0.3, 0.4) is 0 Å². The van der Waals surface area contributed by atoms with Gasteiger partial charge in [0.1, 0.15) is 5.76 Å². The number of anilines is 2. The lowest BCUT2D eigenvalue weighted by molar-refractivity contribution is -0.113. The average molecular weight is 473 g/mol. The number of aryl methyl sites for hydroxylation is 3. The van der Waals surface area contributed by atoms with Gasteiger partial charge in [0.05, 0.1) is 5.75 Å². The molecule has 0 unspecified atom stereocenters. The van der Waals surface area contributed by atoms with Gasteiger partial charge >= 0.3 is 0 Å². The standard InChI is InChI=1S/C21H24N6O3S2/c1-13-4-5-16(10-14(13)2)19(29)26-6-8-27(9-7-26)20-23-24-21(32-20)31-12-18(28)22-17-11-15(3)30-25-17/h4-5,10-11H,6-9,12H2,1-3H3,(H,22,25,28). The Hall–Kier alpha value is -2.92. The number of benzene rings is 1. The van der Waals surface area contributed by atoms with Crippen molar-refractivity contribution in [3.8, 4) is 0 Å². The maximum Gasteiger partial charge on any atom is 0.253 e. The molecule has 3 aromatic rings. The van der Waals surface area contributed by atoms with Crippen LogP contribution in [0, 0.1) is 20.8 Å². The predicted octanol–water partition coefficient (Wildman–Crippen LogP) is 3.14. The lowest BCUT2D eigenvalue weighted by Crippen LogP contribution is -2.48. The summed E-state index contributed by atoms with van der Waals surface area (Å²) in [5.41, 5.74) is 3.04. The zero-order valence-electron chi connectivity index (χ0n) is 18.1. The molecule has 1 aliphatic heterocycles. The van der Waals surface area contributed by atoms with Crippen molar-refractivity contribution in [2.24, 2.45) is 0 Å². The number of aromatic nitrogens is 3. The summed E-state index contributed by atoms with van der Waals surface area (Å²) in [6.07, 6.45) is 0. The van der Waals surface area contributed by atoms with Crippen molar-refractivity contribution in [3.05, 3.63) is 46.7 Å². The minimum absolute atomic E-state index is 0.0644. The fourth-order valence-corrected chi connectivity index (χ4v) is 4.97. The molecule has 2 amide bonds. The van der Waals surface area contributed by atoms with Crippen molar-refractivity contribution >= 4 is 45.9 Å². The molecule has 1 aromatic carbocycles. The first-order valence-corrected chi connectivity index (χ1v) is 12.0. The maximum absolute atomic E-state index is 12.8. The molecule has 168 valence electrons. The zero-order valence-corrected chi connectivity index (χ0v) is 19.8. The van der Waals surface area contributed by atoms with Crippen LogP contribution < -0.4 is 10.2 Å². The Morgan fingerprint density at radius 1 is 1.09 bits per heavy atom. The zero-order chi connectivity index (χ0) is 22.7. The van der Waals surface area contributed by atoms with E-state index in [0.717, 1.165) is 20.6 Å². The van der Waals surface area contributed by atoms with Crippen molar-refractivity contribution in [1.29, 1.82) is 0 Å². The molecule has 0 spiro atoms. The van der Waals surface area contributed by atoms with Gasteiger partial charge in [-0.25, -0.2) is 0 Å². The number of carbonyl (C=O) groups is 2. The van der Waals surface area contributed by atoms with Crippen LogP contribution in [0.5, 0.6) is 0 Å². The molecule has 1 saturated heterocycles. The molecular formula is C21H24N6O3S2. The minimum atomic E-state index is -0.182. The molecule has 11 heteroatoms. The van der Waals surface area contributed by atoms with Crippen LogP contribution in [0.25, 0.3) is 0 Å². The van der Waals surface area contributed by atoms with E-state index in [4.69, 9.17) is 4.52 Å². The Morgan fingerprint density at radius 3 is 2.56 bits per heavy atom. The first kappa shape index (κ1) is 22.3. The summed E-state index contributed by atoms with van der Waals surface area (Å²) in [4.78, 5) is 28.9. The highest BCUT2D eigenvalue weighted by molar-refractivity contribution is 8.01. The van der Waals surface area contributed by atoms with Gasteiger partial charge in [0.15, 0.2) is 10.2 Å². The van der Waals surface area contributed by atoms with Gasteiger partial charge in [-0.3, -0.25) is 9.59 Å². The molecule has 1 N–H and O–H groups in total. The van der Waals surface area contributed by atoms with Crippen LogP contribution in [-0.4, -0.2) is 64.0 Å². The monoisotopic (exact) mass is 472 g/mol. The quantitative estimate of drug-likeness (QED) is 0.546. The molecule has 0 saturated carbocycles. The number of nitrogens with one attached hydrogen (secondary N) is 1. The van der Waals surface area contributed by atoms with E-state index in [1.54, 1.807) is 13.0 Å². The van der Waals surface area contributed by atoms with E-state index in [1.807, 2.05) is 36.9 Å². The maximum atomic E-state index is 12.8. The molecule has 1 aliphatic rings. The summed E-state index contributed by atoms with van der Waals surface area (Å²) in [7, 11) is 0. The summed E-state index contributed by atoms with van der Waals surface area (Å²) >= 11 is 2.78. The average Bonchev–Trinajstić information content (AvgIpc) is 3.43. The fourth-order valence-electron chi connectivity index (χ4n) is 3.28. The van der Waals surface area contributed by atoms with E-state index >= 15 is 0 Å². The Kier molecular flexibility index (Phi) is 6.75. The van der Waals surface area contributed by atoms with Crippen LogP contribution in [0.4, 0.5) is 10.9 Å². The lowest BCUT2D eigenvalue weighted by Gasteiger charge is -2.34. The second kappa shape index (κ2) is 9.70. The molecule has 3 heterocycles. The Bertz CT molecular complexity index is 1120. The van der Waals surface area contributed by atoms with Gasteiger partial charge < -0.3 is 19.6 Å². The number of hydrogen-bond acceptors (Lipinski definition) is 9. The van der Waals surface area contributed by atoms with Crippen LogP contribution in [0.2, 0.25) is 0 Å². The molecule has 0 radical (unpaired) electrons. The molecule has 2 aromatic heterocycles. The number of nitrogens with zero attached hydrogens (tertiary/aromatic N) is 5. The van der Waals surface area contributed by atoms with Crippen molar-refractivity contribution in [3.63, 3.8) is 0 Å². The van der Waals surface area contributed by atoms with E-state index < -0.39 is 0 Å². The van der Waals surface area contributed by atoms with E-state index in [1.165, 1.54) is 28.7 Å². The molecule has 1 fully saturated rings. The van der Waals surface area contributed by atoms with E-state index in [0.29, 0.717) is 37.8 Å². The third-order valence-corrected chi connectivity index (χ3v) is 7.33. The number of thioether (sulfide) groups is 1. The molecule has 32 heavy (non-hydrogen) atoms. The van der Waals surface area contributed by atoms with E-state index in [-0.39, 0.29) is 17.6 Å². The third-order valence-electron chi connectivity index (χ3n) is 5.21. The van der Waals surface area contributed by atoms with E-state index in [2.05, 4.69) is 25.6 Å². The van der Waals surface area contributed by atoms with Gasteiger partial charge in [0, 0.05) is 37.8 Å². The number of carbonyl (C=O) groups excluding carboxylic acids is 2. The number of hydrogen-bond donors (Lipinski definition) is 1. The molecule has 4 rings (SSSR count). The van der Waals surface area contributed by atoms with Crippen molar-refractivity contribution in [1.82, 2.24) is 20.3 Å². The minimum Gasteiger partial charge on any atom is -0.360 e. The van der Waals surface area contributed by atoms with Crippen LogP contribution in [-0.2, 0) is 4.79 Å². The number of rotatable bonds is 6. The normalized spacial score (nSPS) is 14.0. The molecule has 9 nitrogen and oxygen atoms in total. The third kappa shape index (κ3) is 5.28. The predicted molar refractivity (Wildman–Crippen MR) is 125 cm³/mol. The van der Waals surface area contributed by atoms with Gasteiger partial charge in [-0.2, -0.15) is 0 Å². The van der Waals surface area contributed by atoms with Gasteiger partial charge in [-0.1, -0.05) is 34.3 Å². The van der Waals surface area contributed by atoms with Gasteiger partial charge in [-0.05, 0) is 44.0 Å². The van der Waals surface area contributed by atoms with Crippen molar-refractivity contribution < 1.29 is 14.1 Å². The first-order chi connectivity index (χ1) is 15.4. The van der Waals surface area contributed by atoms with E-state index in [9.17, 15) is 9.59 Å². The highest BCUT2D eigenvalue weighted by Crippen LogP contribution is 2.29. The van der Waals surface area contributed by atoms with Crippen molar-refractivity contribution in [2.45, 2.75) is 25.1 Å². The summed E-state index contributed by atoms with van der Waals surface area (Å²) in [5.74, 6) is 1.13. The lowest BCUT2D eigenvalue weighted by atomic mass is 10.1. The second-order valence-electron chi connectivity index (χ2n) is 7.59. The van der Waals surface area contributed by atoms with Gasteiger partial charge in [0.2, 0.25) is 11.0 Å². The smallest absolute Gasteiger partial charge is 0.253 e. The topological polar surface area (TPSA) is 104 Å². The van der Waals surface area contributed by atoms with Gasteiger partial charge in [-0.15, -0.1) is 10.2 Å². The first-order valence-electron chi connectivity index (χ1n) is 10.2. The number of piperazine rings is 1. The summed E-state index contributed by atoms with van der Waals surface area (Å²) in [6.45, 7) is 8.48. The molecule has 0 atom stereocenters. The largest absolute Gasteiger partial charge is 0.360 e. The fraction of sp³-hybridized carbons (Fsp3) is 0.381. The second-order valence-corrected chi connectivity index (χ2v) is 9.77. The molecule has 0 bridgehead atoms. The number of amides is 2. The summed E-state index contributed by atoms with van der Waals surface area (Å²) < 4.78 is 5.66. The summed E-state index contributed by atoms with van der Waals surface area (Å²) in [5, 5.41) is 15.7. The van der Waals surface area contributed by atoms with Crippen LogP contribution in [0.1, 0.15) is 27.2 Å². The Balaban J connectivity index is 1.26. The van der Waals surface area contributed by atoms with Crippen LogP contribution in [0.15, 0.2) is 33.1 Å².